The second-order valence-electron chi connectivity index (χ2n) is 5.72. The molecule has 1 amide bonds. The van der Waals surface area contributed by atoms with E-state index in [1.54, 1.807) is 31.3 Å². The Hall–Kier alpha value is -2.51. The Balaban J connectivity index is 1.69. The lowest BCUT2D eigenvalue weighted by molar-refractivity contribution is -0.123. The molecule has 0 aliphatic rings. The minimum absolute atomic E-state index is 0.0642. The highest BCUT2D eigenvalue weighted by Crippen LogP contribution is 2.24. The first-order valence-corrected chi connectivity index (χ1v) is 8.33. The zero-order valence-electron chi connectivity index (χ0n) is 13.1. The fourth-order valence-electron chi connectivity index (χ4n) is 2.38. The summed E-state index contributed by atoms with van der Waals surface area (Å²) in [4.78, 5) is 25.2. The topological polar surface area (TPSA) is 84.2 Å². The minimum atomic E-state index is -1.15. The first kappa shape index (κ1) is 16.4. The van der Waals surface area contributed by atoms with Crippen LogP contribution in [0.5, 0.6) is 0 Å². The number of amides is 1. The number of thiophene rings is 1. The van der Waals surface area contributed by atoms with Crippen LogP contribution in [0.2, 0.25) is 0 Å². The molecule has 0 bridgehead atoms. The molecule has 3 rings (SSSR count). The van der Waals surface area contributed by atoms with Crippen LogP contribution in [-0.2, 0) is 16.9 Å². The molecule has 1 aromatic carbocycles. The zero-order valence-corrected chi connectivity index (χ0v) is 13.9. The largest absolute Gasteiger partial charge is 0.383 e. The summed E-state index contributed by atoms with van der Waals surface area (Å²) in [5.41, 5.74) is -1.46. The van der Waals surface area contributed by atoms with Gasteiger partial charge in [-0.1, -0.05) is 24.3 Å². The van der Waals surface area contributed by atoms with E-state index in [2.05, 4.69) is 10.4 Å². The molecule has 1 unspecified atom stereocenters. The van der Waals surface area contributed by atoms with Gasteiger partial charge in [0.05, 0.1) is 18.1 Å². The number of hydrogen-bond donors (Lipinski definition) is 2. The molecule has 0 saturated carbocycles. The molecule has 0 saturated heterocycles. The molecule has 124 valence electrons. The molecule has 2 aromatic heterocycles. The average Bonchev–Trinajstić information content (AvgIpc) is 3.11. The third-order valence-corrected chi connectivity index (χ3v) is 4.86. The van der Waals surface area contributed by atoms with E-state index in [1.807, 2.05) is 23.6 Å². The zero-order chi connectivity index (χ0) is 17.2. The smallest absolute Gasteiger partial charge is 0.275 e. The first-order valence-electron chi connectivity index (χ1n) is 7.45. The first-order chi connectivity index (χ1) is 11.5. The van der Waals surface area contributed by atoms with Crippen molar-refractivity contribution in [3.8, 4) is 0 Å². The number of benzene rings is 1. The van der Waals surface area contributed by atoms with Crippen LogP contribution in [0.3, 0.4) is 0 Å². The highest BCUT2D eigenvalue weighted by Gasteiger charge is 2.25. The number of nitrogens with zero attached hydrogens (tertiary/aromatic N) is 2. The van der Waals surface area contributed by atoms with E-state index in [4.69, 9.17) is 0 Å². The molecule has 0 aliphatic heterocycles. The molecule has 2 heterocycles. The van der Waals surface area contributed by atoms with Gasteiger partial charge in [-0.2, -0.15) is 5.10 Å². The number of rotatable bonds is 5. The van der Waals surface area contributed by atoms with E-state index in [0.29, 0.717) is 5.39 Å². The highest BCUT2D eigenvalue weighted by atomic mass is 32.1. The van der Waals surface area contributed by atoms with Gasteiger partial charge in [0.2, 0.25) is 5.91 Å². The molecular weight excluding hydrogens is 326 g/mol. The van der Waals surface area contributed by atoms with Crippen LogP contribution in [0.4, 0.5) is 0 Å². The maximum absolute atomic E-state index is 12.3. The molecule has 7 heteroatoms. The van der Waals surface area contributed by atoms with Crippen molar-refractivity contribution in [3.05, 3.63) is 63.2 Å². The fourth-order valence-corrected chi connectivity index (χ4v) is 3.16. The van der Waals surface area contributed by atoms with Crippen molar-refractivity contribution in [1.82, 2.24) is 15.1 Å². The Bertz CT molecular complexity index is 916. The fraction of sp³-hybridized carbons (Fsp3) is 0.235. The van der Waals surface area contributed by atoms with Crippen molar-refractivity contribution in [1.29, 1.82) is 0 Å². The van der Waals surface area contributed by atoms with Crippen molar-refractivity contribution in [2.75, 3.05) is 6.54 Å². The maximum Gasteiger partial charge on any atom is 0.275 e. The van der Waals surface area contributed by atoms with Gasteiger partial charge in [0, 0.05) is 10.3 Å². The second-order valence-corrected chi connectivity index (χ2v) is 6.67. The van der Waals surface area contributed by atoms with Crippen LogP contribution in [0, 0.1) is 0 Å². The molecule has 24 heavy (non-hydrogen) atoms. The van der Waals surface area contributed by atoms with Gasteiger partial charge in [0.15, 0.2) is 0 Å². The Kier molecular flexibility index (Phi) is 4.46. The van der Waals surface area contributed by atoms with Gasteiger partial charge in [-0.05, 0) is 24.4 Å². The summed E-state index contributed by atoms with van der Waals surface area (Å²) in [6.45, 7) is 1.51. The van der Waals surface area contributed by atoms with E-state index in [1.165, 1.54) is 11.3 Å². The van der Waals surface area contributed by atoms with Gasteiger partial charge in [-0.25, -0.2) is 4.68 Å². The number of hydrogen-bond acceptors (Lipinski definition) is 5. The Morgan fingerprint density at radius 2 is 2.12 bits per heavy atom. The van der Waals surface area contributed by atoms with Gasteiger partial charge in [-0.3, -0.25) is 9.59 Å². The van der Waals surface area contributed by atoms with E-state index in [0.717, 1.165) is 14.9 Å². The minimum Gasteiger partial charge on any atom is -0.383 e. The number of carbonyl (C=O) groups excluding carboxylic acids is 1. The SMILES string of the molecule is CC(O)(CNC(=O)Cn1ncc2ccccc2c1=O)c1cccs1. The Labute approximate surface area is 142 Å². The van der Waals surface area contributed by atoms with Crippen molar-refractivity contribution < 1.29 is 9.90 Å². The van der Waals surface area contributed by atoms with Crippen LogP contribution in [0.25, 0.3) is 10.8 Å². The number of fused-ring (bicyclic) bond motifs is 1. The predicted molar refractivity (Wildman–Crippen MR) is 92.9 cm³/mol. The number of nitrogens with one attached hydrogen (secondary N) is 1. The maximum atomic E-state index is 12.3. The van der Waals surface area contributed by atoms with Gasteiger partial charge < -0.3 is 10.4 Å². The Morgan fingerprint density at radius 1 is 1.33 bits per heavy atom. The lowest BCUT2D eigenvalue weighted by Gasteiger charge is -2.22. The summed E-state index contributed by atoms with van der Waals surface area (Å²) < 4.78 is 1.12. The van der Waals surface area contributed by atoms with E-state index in [9.17, 15) is 14.7 Å². The number of aliphatic hydroxyl groups is 1. The predicted octanol–water partition coefficient (Wildman–Crippen LogP) is 1.48. The molecular formula is C17H17N3O3S. The molecule has 1 atom stereocenters. The lowest BCUT2D eigenvalue weighted by atomic mass is 10.1. The molecule has 0 fully saturated rings. The Morgan fingerprint density at radius 3 is 2.88 bits per heavy atom. The summed E-state index contributed by atoms with van der Waals surface area (Å²) >= 11 is 1.42. The van der Waals surface area contributed by atoms with E-state index in [-0.39, 0.29) is 24.6 Å². The molecule has 6 nitrogen and oxygen atoms in total. The molecule has 0 spiro atoms. The van der Waals surface area contributed by atoms with Crippen molar-refractivity contribution in [3.63, 3.8) is 0 Å². The summed E-state index contributed by atoms with van der Waals surface area (Å²) in [5.74, 6) is -0.378. The lowest BCUT2D eigenvalue weighted by Crippen LogP contribution is -2.41. The third-order valence-electron chi connectivity index (χ3n) is 3.74. The van der Waals surface area contributed by atoms with Gasteiger partial charge in [0.1, 0.15) is 12.1 Å². The van der Waals surface area contributed by atoms with Crippen LogP contribution >= 0.6 is 11.3 Å². The van der Waals surface area contributed by atoms with Gasteiger partial charge >= 0.3 is 0 Å². The quantitative estimate of drug-likeness (QED) is 0.735. The second kappa shape index (κ2) is 6.54. The molecule has 0 aliphatic carbocycles. The third kappa shape index (κ3) is 3.37. The summed E-state index contributed by atoms with van der Waals surface area (Å²) in [5, 5.41) is 20.2. The summed E-state index contributed by atoms with van der Waals surface area (Å²) in [6.07, 6.45) is 1.56. The monoisotopic (exact) mass is 343 g/mol. The number of aromatic nitrogens is 2. The van der Waals surface area contributed by atoms with Crippen molar-refractivity contribution in [2.45, 2.75) is 19.1 Å². The molecule has 2 N–H and O–H groups in total. The normalized spacial score (nSPS) is 13.6. The highest BCUT2D eigenvalue weighted by molar-refractivity contribution is 7.10. The van der Waals surface area contributed by atoms with Gasteiger partial charge in [0.25, 0.3) is 5.56 Å². The van der Waals surface area contributed by atoms with Gasteiger partial charge in [-0.15, -0.1) is 11.3 Å². The average molecular weight is 343 g/mol. The molecule has 0 radical (unpaired) electrons. The summed E-state index contributed by atoms with van der Waals surface area (Å²) in [7, 11) is 0. The van der Waals surface area contributed by atoms with E-state index >= 15 is 0 Å². The van der Waals surface area contributed by atoms with E-state index < -0.39 is 5.60 Å². The van der Waals surface area contributed by atoms with Crippen molar-refractivity contribution in [2.24, 2.45) is 0 Å². The standard InChI is InChI=1S/C17H17N3O3S/c1-17(23,14-7-4-8-24-14)11-18-15(21)10-20-16(22)13-6-3-2-5-12(13)9-19-20/h2-9,23H,10-11H2,1H3,(H,18,21). The van der Waals surface area contributed by atoms with Crippen LogP contribution in [0.1, 0.15) is 11.8 Å². The molecule has 3 aromatic rings. The van der Waals surface area contributed by atoms with Crippen LogP contribution in [0.15, 0.2) is 52.8 Å². The number of carbonyl (C=O) groups is 1. The van der Waals surface area contributed by atoms with Crippen molar-refractivity contribution >= 4 is 28.0 Å². The van der Waals surface area contributed by atoms with Crippen LogP contribution in [-0.4, -0.2) is 27.3 Å². The summed E-state index contributed by atoms with van der Waals surface area (Å²) in [6, 6.07) is 10.8. The van der Waals surface area contributed by atoms with Crippen LogP contribution < -0.4 is 10.9 Å².